The molecule has 0 aliphatic carbocycles. The SMILES string of the molecule is Cc1ccc(NC(=O)c2cc3cccc(N)c3[nH]2)c(Br)c1. The highest BCUT2D eigenvalue weighted by Gasteiger charge is 2.12. The second kappa shape index (κ2) is 5.26. The third-order valence-corrected chi connectivity index (χ3v) is 3.96. The van der Waals surface area contributed by atoms with Crippen molar-refractivity contribution in [3.05, 3.63) is 58.2 Å². The van der Waals surface area contributed by atoms with E-state index < -0.39 is 0 Å². The first-order chi connectivity index (χ1) is 10.0. The van der Waals surface area contributed by atoms with Gasteiger partial charge in [0, 0.05) is 9.86 Å². The van der Waals surface area contributed by atoms with Crippen LogP contribution in [0.3, 0.4) is 0 Å². The van der Waals surface area contributed by atoms with Crippen molar-refractivity contribution in [2.75, 3.05) is 11.1 Å². The molecule has 0 bridgehead atoms. The monoisotopic (exact) mass is 343 g/mol. The normalized spacial score (nSPS) is 10.8. The zero-order valence-electron chi connectivity index (χ0n) is 11.4. The van der Waals surface area contributed by atoms with E-state index in [-0.39, 0.29) is 5.91 Å². The molecule has 3 rings (SSSR count). The Bertz CT molecular complexity index is 839. The second-order valence-electron chi connectivity index (χ2n) is 4.93. The summed E-state index contributed by atoms with van der Waals surface area (Å²) in [6.45, 7) is 2.00. The van der Waals surface area contributed by atoms with Crippen LogP contribution in [0, 0.1) is 6.92 Å². The average Bonchev–Trinajstić information content (AvgIpc) is 2.87. The van der Waals surface area contributed by atoms with Crippen LogP contribution >= 0.6 is 15.9 Å². The minimum absolute atomic E-state index is 0.199. The molecule has 1 heterocycles. The Labute approximate surface area is 130 Å². The van der Waals surface area contributed by atoms with Crippen molar-refractivity contribution in [1.29, 1.82) is 0 Å². The van der Waals surface area contributed by atoms with Crippen LogP contribution in [0.5, 0.6) is 0 Å². The van der Waals surface area contributed by atoms with E-state index in [1.807, 2.05) is 37.3 Å². The van der Waals surface area contributed by atoms with Crippen LogP contribution in [0.25, 0.3) is 10.9 Å². The summed E-state index contributed by atoms with van der Waals surface area (Å²) in [6, 6.07) is 13.2. The first-order valence-corrected chi connectivity index (χ1v) is 7.28. The van der Waals surface area contributed by atoms with Crippen LogP contribution in [0.4, 0.5) is 11.4 Å². The molecule has 0 fully saturated rings. The van der Waals surface area contributed by atoms with E-state index in [9.17, 15) is 4.79 Å². The zero-order valence-corrected chi connectivity index (χ0v) is 13.0. The van der Waals surface area contributed by atoms with Crippen LogP contribution in [0.1, 0.15) is 16.1 Å². The van der Waals surface area contributed by atoms with Gasteiger partial charge in [-0.05, 0) is 52.7 Å². The molecule has 0 radical (unpaired) electrons. The van der Waals surface area contributed by atoms with E-state index in [1.165, 1.54) is 0 Å². The summed E-state index contributed by atoms with van der Waals surface area (Å²) in [5.74, 6) is -0.199. The predicted octanol–water partition coefficient (Wildman–Crippen LogP) is 4.07. The third kappa shape index (κ3) is 2.64. The summed E-state index contributed by atoms with van der Waals surface area (Å²) >= 11 is 3.45. The Morgan fingerprint density at radius 3 is 2.76 bits per heavy atom. The lowest BCUT2D eigenvalue weighted by Gasteiger charge is -2.07. The Hall–Kier alpha value is -2.27. The Balaban J connectivity index is 1.92. The molecule has 4 N–H and O–H groups in total. The molecule has 3 aromatic rings. The van der Waals surface area contributed by atoms with Gasteiger partial charge in [-0.1, -0.05) is 18.2 Å². The molecule has 1 amide bonds. The van der Waals surface area contributed by atoms with Crippen molar-refractivity contribution < 1.29 is 4.79 Å². The first-order valence-electron chi connectivity index (χ1n) is 6.49. The van der Waals surface area contributed by atoms with E-state index in [4.69, 9.17) is 5.73 Å². The highest BCUT2D eigenvalue weighted by atomic mass is 79.9. The fourth-order valence-corrected chi connectivity index (χ4v) is 2.81. The number of rotatable bonds is 2. The topological polar surface area (TPSA) is 70.9 Å². The zero-order chi connectivity index (χ0) is 15.0. The van der Waals surface area contributed by atoms with Crippen molar-refractivity contribution >= 4 is 44.1 Å². The molecule has 0 atom stereocenters. The van der Waals surface area contributed by atoms with Crippen LogP contribution in [0.2, 0.25) is 0 Å². The number of nitrogens with two attached hydrogens (primary N) is 1. The number of hydrogen-bond donors (Lipinski definition) is 3. The lowest BCUT2D eigenvalue weighted by Crippen LogP contribution is -2.12. The molecular formula is C16H14BrN3O. The molecule has 2 aromatic carbocycles. The molecule has 106 valence electrons. The molecule has 0 spiro atoms. The number of para-hydroxylation sites is 1. The Morgan fingerprint density at radius 1 is 1.24 bits per heavy atom. The summed E-state index contributed by atoms with van der Waals surface area (Å²) < 4.78 is 0.853. The minimum atomic E-state index is -0.199. The number of aryl methyl sites for hydroxylation is 1. The van der Waals surface area contributed by atoms with Crippen LogP contribution in [0.15, 0.2) is 46.9 Å². The fourth-order valence-electron chi connectivity index (χ4n) is 2.21. The van der Waals surface area contributed by atoms with Gasteiger partial charge in [0.2, 0.25) is 0 Å². The summed E-state index contributed by atoms with van der Waals surface area (Å²) in [5, 5.41) is 3.80. The van der Waals surface area contributed by atoms with Gasteiger partial charge in [0.05, 0.1) is 16.9 Å². The lowest BCUT2D eigenvalue weighted by atomic mass is 10.2. The Morgan fingerprint density at radius 2 is 2.05 bits per heavy atom. The summed E-state index contributed by atoms with van der Waals surface area (Å²) in [5.41, 5.74) is 9.64. The third-order valence-electron chi connectivity index (χ3n) is 3.31. The number of fused-ring (bicyclic) bond motifs is 1. The number of amides is 1. The number of nitrogens with one attached hydrogen (secondary N) is 2. The van der Waals surface area contributed by atoms with Crippen molar-refractivity contribution in [1.82, 2.24) is 4.98 Å². The number of benzene rings is 2. The van der Waals surface area contributed by atoms with Gasteiger partial charge >= 0.3 is 0 Å². The van der Waals surface area contributed by atoms with E-state index >= 15 is 0 Å². The van der Waals surface area contributed by atoms with E-state index in [0.717, 1.165) is 26.6 Å². The molecule has 21 heavy (non-hydrogen) atoms. The van der Waals surface area contributed by atoms with Crippen molar-refractivity contribution in [3.8, 4) is 0 Å². The number of anilines is 2. The van der Waals surface area contributed by atoms with Crippen molar-refractivity contribution in [3.63, 3.8) is 0 Å². The minimum Gasteiger partial charge on any atom is -0.397 e. The van der Waals surface area contributed by atoms with Crippen LogP contribution in [-0.4, -0.2) is 10.9 Å². The fraction of sp³-hybridized carbons (Fsp3) is 0.0625. The van der Waals surface area contributed by atoms with E-state index in [2.05, 4.69) is 26.2 Å². The maximum Gasteiger partial charge on any atom is 0.272 e. The van der Waals surface area contributed by atoms with Crippen molar-refractivity contribution in [2.45, 2.75) is 6.92 Å². The molecule has 0 unspecified atom stereocenters. The first kappa shape index (κ1) is 13.7. The molecule has 4 nitrogen and oxygen atoms in total. The smallest absolute Gasteiger partial charge is 0.272 e. The summed E-state index contributed by atoms with van der Waals surface area (Å²) in [4.78, 5) is 15.4. The molecule has 0 aliphatic heterocycles. The number of hydrogen-bond acceptors (Lipinski definition) is 2. The molecular weight excluding hydrogens is 330 g/mol. The van der Waals surface area contributed by atoms with Gasteiger partial charge < -0.3 is 16.0 Å². The Kier molecular flexibility index (Phi) is 3.43. The highest BCUT2D eigenvalue weighted by Crippen LogP contribution is 2.25. The van der Waals surface area contributed by atoms with Crippen LogP contribution < -0.4 is 11.1 Å². The van der Waals surface area contributed by atoms with Gasteiger partial charge in [0.15, 0.2) is 0 Å². The number of carbonyl (C=O) groups is 1. The number of nitrogen functional groups attached to an aromatic ring is 1. The van der Waals surface area contributed by atoms with Crippen LogP contribution in [-0.2, 0) is 0 Å². The van der Waals surface area contributed by atoms with Crippen molar-refractivity contribution in [2.24, 2.45) is 0 Å². The largest absolute Gasteiger partial charge is 0.397 e. The lowest BCUT2D eigenvalue weighted by molar-refractivity contribution is 0.102. The van der Waals surface area contributed by atoms with Gasteiger partial charge in [0.25, 0.3) is 5.91 Å². The standard InChI is InChI=1S/C16H14BrN3O/c1-9-5-6-13(11(17)7-9)20-16(21)14-8-10-3-2-4-12(18)15(10)19-14/h2-8,19H,18H2,1H3,(H,20,21). The molecule has 5 heteroatoms. The predicted molar refractivity (Wildman–Crippen MR) is 89.5 cm³/mol. The quantitative estimate of drug-likeness (QED) is 0.613. The van der Waals surface area contributed by atoms with Gasteiger partial charge in [0.1, 0.15) is 5.69 Å². The summed E-state index contributed by atoms with van der Waals surface area (Å²) in [7, 11) is 0. The molecule has 0 aliphatic rings. The maximum absolute atomic E-state index is 12.3. The molecule has 0 saturated carbocycles. The van der Waals surface area contributed by atoms with Gasteiger partial charge in [-0.2, -0.15) is 0 Å². The molecule has 0 saturated heterocycles. The summed E-state index contributed by atoms with van der Waals surface area (Å²) in [6.07, 6.45) is 0. The van der Waals surface area contributed by atoms with Gasteiger partial charge in [-0.3, -0.25) is 4.79 Å². The van der Waals surface area contributed by atoms with Gasteiger partial charge in [-0.25, -0.2) is 0 Å². The second-order valence-corrected chi connectivity index (χ2v) is 5.79. The van der Waals surface area contributed by atoms with E-state index in [0.29, 0.717) is 11.4 Å². The van der Waals surface area contributed by atoms with E-state index in [1.54, 1.807) is 12.1 Å². The number of H-pyrrole nitrogens is 1. The number of carbonyl (C=O) groups excluding carboxylic acids is 1. The molecule has 1 aromatic heterocycles. The number of aromatic amines is 1. The number of halogens is 1. The number of aromatic nitrogens is 1. The van der Waals surface area contributed by atoms with Gasteiger partial charge in [-0.15, -0.1) is 0 Å². The highest BCUT2D eigenvalue weighted by molar-refractivity contribution is 9.10. The average molecular weight is 344 g/mol. The maximum atomic E-state index is 12.3.